The minimum Gasteiger partial charge on any atom is -1.00 e. The van der Waals surface area contributed by atoms with Crippen LogP contribution in [0.25, 0.3) is 6.08 Å². The van der Waals surface area contributed by atoms with Crippen molar-refractivity contribution >= 4 is 29.1 Å². The summed E-state index contributed by atoms with van der Waals surface area (Å²) < 4.78 is 0. The molecule has 0 bridgehead atoms. The number of rotatable bonds is 1. The van der Waals surface area contributed by atoms with Crippen LogP contribution >= 0.6 is 0 Å². The van der Waals surface area contributed by atoms with Gasteiger partial charge in [0.2, 0.25) is 0 Å². The van der Waals surface area contributed by atoms with Gasteiger partial charge in [0, 0.05) is 0 Å². The van der Waals surface area contributed by atoms with Gasteiger partial charge in [-0.3, -0.25) is 0 Å². The standard InChI is InChI=1S/C9H9.ClH.Mg/c1-3-9-6-4-8(2)5-7-9;;/h3-7H,1-2H2;1H;/q-1;;+2/p-1. The molecule has 1 aromatic carbocycles. The van der Waals surface area contributed by atoms with Crippen molar-refractivity contribution in [2.75, 3.05) is 0 Å². The largest absolute Gasteiger partial charge is 2.00 e. The summed E-state index contributed by atoms with van der Waals surface area (Å²) in [6, 6.07) is 7.93. The van der Waals surface area contributed by atoms with Gasteiger partial charge >= 0.3 is 23.1 Å². The normalized spacial score (nSPS) is 7.27. The first kappa shape index (κ1) is 13.5. The molecule has 0 unspecified atom stereocenters. The minimum atomic E-state index is 0. The number of hydrogen-bond acceptors (Lipinski definition) is 0. The van der Waals surface area contributed by atoms with Gasteiger partial charge in [0.25, 0.3) is 0 Å². The van der Waals surface area contributed by atoms with Gasteiger partial charge in [0.15, 0.2) is 0 Å². The molecule has 0 radical (unpaired) electrons. The van der Waals surface area contributed by atoms with Crippen LogP contribution in [0.5, 0.6) is 0 Å². The molecule has 0 saturated carbocycles. The predicted molar refractivity (Wildman–Crippen MR) is 46.7 cm³/mol. The summed E-state index contributed by atoms with van der Waals surface area (Å²) in [6.45, 7) is 7.40. The molecule has 54 valence electrons. The van der Waals surface area contributed by atoms with Crippen LogP contribution in [0, 0.1) is 6.92 Å². The van der Waals surface area contributed by atoms with E-state index in [0.29, 0.717) is 0 Å². The van der Waals surface area contributed by atoms with E-state index in [9.17, 15) is 0 Å². The van der Waals surface area contributed by atoms with Crippen LogP contribution < -0.4 is 12.4 Å². The fraction of sp³-hybridized carbons (Fsp3) is 0. The molecule has 11 heavy (non-hydrogen) atoms. The van der Waals surface area contributed by atoms with Crippen LogP contribution in [0.15, 0.2) is 30.8 Å². The van der Waals surface area contributed by atoms with Crippen molar-refractivity contribution in [3.05, 3.63) is 48.9 Å². The van der Waals surface area contributed by atoms with Crippen LogP contribution in [0.3, 0.4) is 0 Å². The first-order valence-electron chi connectivity index (χ1n) is 2.87. The maximum Gasteiger partial charge on any atom is 2.00 e. The van der Waals surface area contributed by atoms with E-state index < -0.39 is 0 Å². The Bertz CT molecular complexity index is 203. The molecule has 0 saturated heterocycles. The molecule has 0 fully saturated rings. The summed E-state index contributed by atoms with van der Waals surface area (Å²) in [7, 11) is 0. The topological polar surface area (TPSA) is 0 Å². The number of benzene rings is 1. The van der Waals surface area contributed by atoms with Gasteiger partial charge in [0.05, 0.1) is 0 Å². The third-order valence-electron chi connectivity index (χ3n) is 1.22. The molecule has 2 heteroatoms. The van der Waals surface area contributed by atoms with Crippen LogP contribution in [-0.2, 0) is 0 Å². The van der Waals surface area contributed by atoms with E-state index in [2.05, 4.69) is 13.5 Å². The maximum absolute atomic E-state index is 3.76. The van der Waals surface area contributed by atoms with Crippen LogP contribution in [0.4, 0.5) is 0 Å². The van der Waals surface area contributed by atoms with Crippen LogP contribution in [0.2, 0.25) is 0 Å². The van der Waals surface area contributed by atoms with Crippen molar-refractivity contribution in [2.45, 2.75) is 0 Å². The summed E-state index contributed by atoms with van der Waals surface area (Å²) in [5, 5.41) is 0. The SMILES string of the molecule is C=Cc1ccc([CH2-])cc1.[Cl-].[Mg+2]. The Morgan fingerprint density at radius 3 is 2.00 bits per heavy atom. The molecule has 0 aliphatic heterocycles. The fourth-order valence-electron chi connectivity index (χ4n) is 0.654. The molecule has 0 nitrogen and oxygen atoms in total. The molecule has 0 aliphatic rings. The van der Waals surface area contributed by atoms with Gasteiger partial charge in [-0.1, -0.05) is 18.2 Å². The Labute approximate surface area is 90.3 Å². The van der Waals surface area contributed by atoms with Crippen molar-refractivity contribution in [3.63, 3.8) is 0 Å². The Morgan fingerprint density at radius 2 is 1.64 bits per heavy atom. The van der Waals surface area contributed by atoms with Crippen LogP contribution in [-0.4, -0.2) is 23.1 Å². The molecule has 0 aliphatic carbocycles. The zero-order chi connectivity index (χ0) is 6.69. The van der Waals surface area contributed by atoms with Gasteiger partial charge in [-0.05, 0) is 0 Å². The monoisotopic (exact) mass is 176 g/mol. The summed E-state index contributed by atoms with van der Waals surface area (Å²) in [6.07, 6.45) is 1.82. The van der Waals surface area contributed by atoms with E-state index >= 15 is 0 Å². The van der Waals surface area contributed by atoms with E-state index in [-0.39, 0.29) is 35.5 Å². The molecule has 0 amide bonds. The second-order valence-corrected chi connectivity index (χ2v) is 1.95. The molecule has 1 aromatic rings. The summed E-state index contributed by atoms with van der Waals surface area (Å²) in [4.78, 5) is 0. The van der Waals surface area contributed by atoms with E-state index in [0.717, 1.165) is 11.1 Å². The van der Waals surface area contributed by atoms with E-state index in [1.807, 2.05) is 30.3 Å². The van der Waals surface area contributed by atoms with Gasteiger partial charge in [-0.15, -0.1) is 12.1 Å². The number of hydrogen-bond donors (Lipinski definition) is 0. The number of halogens is 1. The third kappa shape index (κ3) is 4.35. The smallest absolute Gasteiger partial charge is 1.00 e. The average molecular weight is 177 g/mol. The first-order valence-corrected chi connectivity index (χ1v) is 2.87. The molecule has 0 aromatic heterocycles. The molecular weight excluding hydrogens is 168 g/mol. The Balaban J connectivity index is 0. The average Bonchev–Trinajstić information content (AvgIpc) is 1.90. The summed E-state index contributed by atoms with van der Waals surface area (Å²) in [5.74, 6) is 0. The maximum atomic E-state index is 3.76. The van der Waals surface area contributed by atoms with E-state index in [1.54, 1.807) is 0 Å². The van der Waals surface area contributed by atoms with Gasteiger partial charge in [-0.25, -0.2) is 0 Å². The second-order valence-electron chi connectivity index (χ2n) is 1.95. The van der Waals surface area contributed by atoms with Gasteiger partial charge < -0.3 is 12.4 Å². The molecule has 0 heterocycles. The van der Waals surface area contributed by atoms with Gasteiger partial charge in [-0.2, -0.15) is 24.6 Å². The second kappa shape index (κ2) is 6.59. The Morgan fingerprint density at radius 1 is 1.18 bits per heavy atom. The van der Waals surface area contributed by atoms with Crippen molar-refractivity contribution < 1.29 is 12.4 Å². The van der Waals surface area contributed by atoms with Crippen LogP contribution in [0.1, 0.15) is 11.1 Å². The molecular formula is C9H9ClMg. The van der Waals surface area contributed by atoms with Crippen molar-refractivity contribution in [2.24, 2.45) is 0 Å². The predicted octanol–water partition coefficient (Wildman–Crippen LogP) is -0.865. The Hall–Kier alpha value is -0.114. The summed E-state index contributed by atoms with van der Waals surface area (Å²) >= 11 is 0. The van der Waals surface area contributed by atoms with Gasteiger partial charge in [0.1, 0.15) is 0 Å². The fourth-order valence-corrected chi connectivity index (χ4v) is 0.654. The van der Waals surface area contributed by atoms with Crippen molar-refractivity contribution in [1.82, 2.24) is 0 Å². The van der Waals surface area contributed by atoms with Crippen molar-refractivity contribution in [1.29, 1.82) is 0 Å². The zero-order valence-electron chi connectivity index (χ0n) is 6.39. The van der Waals surface area contributed by atoms with Crippen molar-refractivity contribution in [3.8, 4) is 0 Å². The molecule has 0 spiro atoms. The first-order chi connectivity index (χ1) is 4.33. The summed E-state index contributed by atoms with van der Waals surface area (Å²) in [5.41, 5.74) is 2.18. The molecule has 0 N–H and O–H groups in total. The zero-order valence-corrected chi connectivity index (χ0v) is 8.56. The minimum absolute atomic E-state index is 0. The quantitative estimate of drug-likeness (QED) is 0.386. The van der Waals surface area contributed by atoms with E-state index in [1.165, 1.54) is 0 Å². The Kier molecular flexibility index (Phi) is 8.07. The molecule has 1 rings (SSSR count). The molecule has 0 atom stereocenters. The van der Waals surface area contributed by atoms with E-state index in [4.69, 9.17) is 0 Å². The third-order valence-corrected chi connectivity index (χ3v) is 1.22.